The number of carbonyl (C=O) groups is 2. The van der Waals surface area contributed by atoms with Crippen molar-refractivity contribution in [3.8, 4) is 0 Å². The van der Waals surface area contributed by atoms with Crippen LogP contribution in [0.3, 0.4) is 0 Å². The minimum absolute atomic E-state index is 0.0586. The Kier molecular flexibility index (Phi) is 5.35. The minimum Gasteiger partial charge on any atom is -0.338 e. The van der Waals surface area contributed by atoms with Crippen molar-refractivity contribution in [2.24, 2.45) is 5.92 Å². The molecule has 4 nitrogen and oxygen atoms in total. The highest BCUT2D eigenvalue weighted by Crippen LogP contribution is 2.24. The second-order valence-electron chi connectivity index (χ2n) is 6.83. The maximum absolute atomic E-state index is 13.9. The van der Waals surface area contributed by atoms with Gasteiger partial charge >= 0.3 is 0 Å². The molecular formula is C21H23FN2O2. The van der Waals surface area contributed by atoms with Gasteiger partial charge in [0.1, 0.15) is 5.82 Å². The van der Waals surface area contributed by atoms with Gasteiger partial charge in [0, 0.05) is 18.8 Å². The molecule has 1 fully saturated rings. The lowest BCUT2D eigenvalue weighted by Crippen LogP contribution is -2.44. The molecule has 0 aliphatic carbocycles. The second kappa shape index (κ2) is 7.68. The number of halogens is 1. The number of likely N-dealkylation sites (tertiary alicyclic amines) is 1. The number of rotatable bonds is 3. The molecule has 2 aromatic carbocycles. The van der Waals surface area contributed by atoms with Gasteiger partial charge in [-0.25, -0.2) is 4.39 Å². The first-order chi connectivity index (χ1) is 12.5. The van der Waals surface area contributed by atoms with Crippen LogP contribution in [0.2, 0.25) is 0 Å². The summed E-state index contributed by atoms with van der Waals surface area (Å²) in [5, 5.41) is 3.01. The summed E-state index contributed by atoms with van der Waals surface area (Å²) in [5.41, 5.74) is 2.90. The van der Waals surface area contributed by atoms with Gasteiger partial charge < -0.3 is 10.2 Å². The van der Waals surface area contributed by atoms with Crippen molar-refractivity contribution < 1.29 is 14.0 Å². The Labute approximate surface area is 153 Å². The maximum atomic E-state index is 13.9. The van der Waals surface area contributed by atoms with E-state index in [0.29, 0.717) is 13.1 Å². The molecule has 3 rings (SSSR count). The van der Waals surface area contributed by atoms with Crippen molar-refractivity contribution in [2.75, 3.05) is 18.4 Å². The van der Waals surface area contributed by atoms with Gasteiger partial charge in [-0.15, -0.1) is 0 Å². The van der Waals surface area contributed by atoms with Crippen LogP contribution in [-0.2, 0) is 4.79 Å². The monoisotopic (exact) mass is 354 g/mol. The van der Waals surface area contributed by atoms with Crippen molar-refractivity contribution in [1.29, 1.82) is 0 Å². The number of aryl methyl sites for hydroxylation is 2. The Morgan fingerprint density at radius 3 is 2.46 bits per heavy atom. The molecule has 0 spiro atoms. The zero-order valence-electron chi connectivity index (χ0n) is 15.1. The molecule has 1 saturated heterocycles. The fourth-order valence-corrected chi connectivity index (χ4v) is 3.42. The smallest absolute Gasteiger partial charge is 0.256 e. The van der Waals surface area contributed by atoms with Gasteiger partial charge in [0.15, 0.2) is 0 Å². The van der Waals surface area contributed by atoms with E-state index in [4.69, 9.17) is 0 Å². The number of hydrogen-bond acceptors (Lipinski definition) is 2. The van der Waals surface area contributed by atoms with Gasteiger partial charge in [0.25, 0.3) is 5.91 Å². The van der Waals surface area contributed by atoms with Gasteiger partial charge in [-0.1, -0.05) is 30.3 Å². The number of carbonyl (C=O) groups excluding carboxylic acids is 2. The Balaban J connectivity index is 1.71. The van der Waals surface area contributed by atoms with E-state index in [0.717, 1.165) is 29.7 Å². The number of nitrogens with zero attached hydrogens (tertiary/aromatic N) is 1. The molecule has 5 heteroatoms. The van der Waals surface area contributed by atoms with E-state index in [9.17, 15) is 14.0 Å². The lowest BCUT2D eigenvalue weighted by atomic mass is 9.96. The summed E-state index contributed by atoms with van der Waals surface area (Å²) in [6.07, 6.45) is 1.45. The quantitative estimate of drug-likeness (QED) is 0.908. The number of hydrogen-bond donors (Lipinski definition) is 1. The molecule has 2 aromatic rings. The molecule has 2 amide bonds. The fourth-order valence-electron chi connectivity index (χ4n) is 3.42. The van der Waals surface area contributed by atoms with E-state index in [-0.39, 0.29) is 23.3 Å². The molecule has 1 atom stereocenters. The zero-order valence-corrected chi connectivity index (χ0v) is 15.1. The maximum Gasteiger partial charge on any atom is 0.256 e. The van der Waals surface area contributed by atoms with Gasteiger partial charge in [0.2, 0.25) is 5.91 Å². The Bertz CT molecular complexity index is 814. The van der Waals surface area contributed by atoms with Crippen molar-refractivity contribution in [3.63, 3.8) is 0 Å². The first-order valence-corrected chi connectivity index (χ1v) is 8.88. The summed E-state index contributed by atoms with van der Waals surface area (Å²) in [5.74, 6) is -1.26. The number of benzene rings is 2. The van der Waals surface area contributed by atoms with Crippen LogP contribution >= 0.6 is 0 Å². The van der Waals surface area contributed by atoms with Gasteiger partial charge in [0.05, 0.1) is 11.5 Å². The first kappa shape index (κ1) is 18.1. The van der Waals surface area contributed by atoms with Crippen LogP contribution < -0.4 is 5.32 Å². The number of piperidine rings is 1. The van der Waals surface area contributed by atoms with Crippen LogP contribution in [-0.4, -0.2) is 29.8 Å². The normalized spacial score (nSPS) is 17.0. The molecule has 1 heterocycles. The Morgan fingerprint density at radius 2 is 1.77 bits per heavy atom. The van der Waals surface area contributed by atoms with Crippen molar-refractivity contribution >= 4 is 17.5 Å². The Morgan fingerprint density at radius 1 is 1.08 bits per heavy atom. The molecule has 0 saturated carbocycles. The van der Waals surface area contributed by atoms with Gasteiger partial charge in [-0.05, 0) is 49.9 Å². The highest BCUT2D eigenvalue weighted by atomic mass is 19.1. The van der Waals surface area contributed by atoms with E-state index in [1.165, 1.54) is 12.1 Å². The number of anilines is 1. The lowest BCUT2D eigenvalue weighted by Gasteiger charge is -2.32. The van der Waals surface area contributed by atoms with Crippen molar-refractivity contribution in [2.45, 2.75) is 26.7 Å². The largest absolute Gasteiger partial charge is 0.338 e. The van der Waals surface area contributed by atoms with Crippen molar-refractivity contribution in [3.05, 3.63) is 65.0 Å². The summed E-state index contributed by atoms with van der Waals surface area (Å²) in [6, 6.07) is 11.8. The molecule has 1 aliphatic heterocycles. The first-order valence-electron chi connectivity index (χ1n) is 8.88. The van der Waals surface area contributed by atoms with Crippen LogP contribution in [0, 0.1) is 25.6 Å². The number of nitrogens with one attached hydrogen (secondary N) is 1. The summed E-state index contributed by atoms with van der Waals surface area (Å²) in [7, 11) is 0. The van der Waals surface area contributed by atoms with Crippen LogP contribution in [0.25, 0.3) is 0 Å². The summed E-state index contributed by atoms with van der Waals surface area (Å²) >= 11 is 0. The third kappa shape index (κ3) is 3.77. The highest BCUT2D eigenvalue weighted by Gasteiger charge is 2.30. The molecule has 136 valence electrons. The third-order valence-electron chi connectivity index (χ3n) is 4.91. The van der Waals surface area contributed by atoms with Gasteiger partial charge in [-0.3, -0.25) is 9.59 Å². The molecule has 1 N–H and O–H groups in total. The predicted molar refractivity (Wildman–Crippen MR) is 99.6 cm³/mol. The molecule has 0 unspecified atom stereocenters. The topological polar surface area (TPSA) is 49.4 Å². The predicted octanol–water partition coefficient (Wildman–Crippen LogP) is 3.93. The highest BCUT2D eigenvalue weighted by molar-refractivity contribution is 5.97. The lowest BCUT2D eigenvalue weighted by molar-refractivity contribution is -0.121. The van der Waals surface area contributed by atoms with Crippen molar-refractivity contribution in [1.82, 2.24) is 4.90 Å². The molecule has 26 heavy (non-hydrogen) atoms. The zero-order chi connectivity index (χ0) is 18.7. The molecule has 1 aliphatic rings. The van der Waals surface area contributed by atoms with E-state index in [1.807, 2.05) is 32.0 Å². The molecule has 0 aromatic heterocycles. The Hall–Kier alpha value is -2.69. The summed E-state index contributed by atoms with van der Waals surface area (Å²) in [6.45, 7) is 4.76. The molecule has 0 bridgehead atoms. The average Bonchev–Trinajstić information content (AvgIpc) is 2.64. The number of amides is 2. The summed E-state index contributed by atoms with van der Waals surface area (Å²) in [4.78, 5) is 26.9. The molecular weight excluding hydrogens is 331 g/mol. The van der Waals surface area contributed by atoms with E-state index in [1.54, 1.807) is 17.0 Å². The van der Waals surface area contributed by atoms with Gasteiger partial charge in [-0.2, -0.15) is 0 Å². The third-order valence-corrected chi connectivity index (χ3v) is 4.91. The van der Waals surface area contributed by atoms with E-state index < -0.39 is 5.82 Å². The molecule has 0 radical (unpaired) electrons. The second-order valence-corrected chi connectivity index (χ2v) is 6.83. The van der Waals surface area contributed by atoms with Crippen LogP contribution in [0.15, 0.2) is 42.5 Å². The fraction of sp³-hybridized carbons (Fsp3) is 0.333. The van der Waals surface area contributed by atoms with Crippen LogP contribution in [0.5, 0.6) is 0 Å². The number of para-hydroxylation sites is 1. The summed E-state index contributed by atoms with van der Waals surface area (Å²) < 4.78 is 13.9. The average molecular weight is 354 g/mol. The van der Waals surface area contributed by atoms with E-state index >= 15 is 0 Å². The van der Waals surface area contributed by atoms with Crippen LogP contribution in [0.1, 0.15) is 34.3 Å². The SMILES string of the molecule is Cc1cccc(C)c1NC(=O)[C@@H]1CCCN(C(=O)c2ccccc2F)C1. The van der Waals surface area contributed by atoms with E-state index in [2.05, 4.69) is 5.32 Å². The standard InChI is InChI=1S/C21H23FN2O2/c1-14-7-5-8-15(2)19(14)23-20(25)16-9-6-12-24(13-16)21(26)17-10-3-4-11-18(17)22/h3-5,7-8,10-11,16H,6,9,12-13H2,1-2H3,(H,23,25)/t16-/m1/s1. The minimum atomic E-state index is -0.528. The van der Waals surface area contributed by atoms with Crippen LogP contribution in [0.4, 0.5) is 10.1 Å².